The normalized spacial score (nSPS) is 17.7. The van der Waals surface area contributed by atoms with E-state index < -0.39 is 0 Å². The molecule has 1 N–H and O–H groups in total. The molecule has 2 aliphatic rings. The number of carbonyl (C=O) groups excluding carboxylic acids is 1. The first-order valence-corrected chi connectivity index (χ1v) is 9.57. The number of amidine groups is 2. The first-order chi connectivity index (χ1) is 12.9. The molecule has 5 nitrogen and oxygen atoms in total. The summed E-state index contributed by atoms with van der Waals surface area (Å²) < 4.78 is 2.20. The van der Waals surface area contributed by atoms with Gasteiger partial charge in [0.05, 0.1) is 5.57 Å². The molecule has 0 bridgehead atoms. The van der Waals surface area contributed by atoms with E-state index in [0.717, 1.165) is 22.6 Å². The molecule has 27 heavy (non-hydrogen) atoms. The average molecular weight is 376 g/mol. The summed E-state index contributed by atoms with van der Waals surface area (Å²) in [5, 5.41) is 10.8. The van der Waals surface area contributed by atoms with Crippen LogP contribution in [0.25, 0.3) is 11.8 Å². The second kappa shape index (κ2) is 6.39. The summed E-state index contributed by atoms with van der Waals surface area (Å²) >= 11 is 1.35. The maximum Gasteiger partial charge on any atom is 0.283 e. The SMILES string of the molecule is Cc1ccc(C)c(-n2c(C)cc(C=C3C(=N)N4C=CSC4=NC3=O)c2C)c1. The first kappa shape index (κ1) is 17.5. The van der Waals surface area contributed by atoms with Crippen molar-refractivity contribution in [2.45, 2.75) is 27.7 Å². The monoisotopic (exact) mass is 376 g/mol. The van der Waals surface area contributed by atoms with Crippen molar-refractivity contribution in [3.05, 3.63) is 69.5 Å². The summed E-state index contributed by atoms with van der Waals surface area (Å²) in [7, 11) is 0. The van der Waals surface area contributed by atoms with Crippen molar-refractivity contribution >= 4 is 34.7 Å². The van der Waals surface area contributed by atoms with Gasteiger partial charge in [0.15, 0.2) is 5.17 Å². The molecule has 0 atom stereocenters. The third-order valence-electron chi connectivity index (χ3n) is 4.89. The number of fused-ring (bicyclic) bond motifs is 1. The van der Waals surface area contributed by atoms with Gasteiger partial charge in [-0.25, -0.2) is 0 Å². The van der Waals surface area contributed by atoms with E-state index >= 15 is 0 Å². The highest BCUT2D eigenvalue weighted by Crippen LogP contribution is 2.29. The van der Waals surface area contributed by atoms with Crippen molar-refractivity contribution in [1.82, 2.24) is 9.47 Å². The zero-order valence-electron chi connectivity index (χ0n) is 15.7. The van der Waals surface area contributed by atoms with Gasteiger partial charge in [0, 0.05) is 23.3 Å². The van der Waals surface area contributed by atoms with Gasteiger partial charge in [0.2, 0.25) is 0 Å². The van der Waals surface area contributed by atoms with Gasteiger partial charge in [-0.05, 0) is 68.0 Å². The highest BCUT2D eigenvalue weighted by molar-refractivity contribution is 8.16. The van der Waals surface area contributed by atoms with Gasteiger partial charge in [-0.2, -0.15) is 4.99 Å². The van der Waals surface area contributed by atoms with Crippen molar-refractivity contribution in [1.29, 1.82) is 5.41 Å². The molecule has 0 saturated heterocycles. The Morgan fingerprint density at radius 2 is 1.93 bits per heavy atom. The topological polar surface area (TPSA) is 61.5 Å². The number of hydrogen-bond donors (Lipinski definition) is 1. The Bertz CT molecular complexity index is 1090. The molecule has 3 heterocycles. The standard InChI is InChI=1S/C21H20N4OS/c1-12-5-6-13(2)18(9-12)25-14(3)10-16(15(25)4)11-17-19(22)24-7-8-27-21(24)23-20(17)26/h5-11,22H,1-4H3. The molecule has 136 valence electrons. The van der Waals surface area contributed by atoms with Crippen molar-refractivity contribution in [3.63, 3.8) is 0 Å². The lowest BCUT2D eigenvalue weighted by molar-refractivity contribution is -0.114. The van der Waals surface area contributed by atoms with E-state index in [9.17, 15) is 4.79 Å². The number of aliphatic imine (C=N–C) groups is 1. The quantitative estimate of drug-likeness (QED) is 0.786. The minimum atomic E-state index is -0.362. The Kier molecular flexibility index (Phi) is 4.15. The lowest BCUT2D eigenvalue weighted by atomic mass is 10.1. The second-order valence-electron chi connectivity index (χ2n) is 6.83. The van der Waals surface area contributed by atoms with Gasteiger partial charge in [-0.3, -0.25) is 15.1 Å². The zero-order chi connectivity index (χ0) is 19.3. The molecule has 0 aliphatic carbocycles. The van der Waals surface area contributed by atoms with Crippen LogP contribution in [0.15, 0.2) is 46.4 Å². The third-order valence-corrected chi connectivity index (χ3v) is 5.65. The van der Waals surface area contributed by atoms with Crippen LogP contribution < -0.4 is 0 Å². The van der Waals surface area contributed by atoms with Crippen LogP contribution >= 0.6 is 11.8 Å². The fraction of sp³-hybridized carbons (Fsp3) is 0.190. The molecule has 0 radical (unpaired) electrons. The first-order valence-electron chi connectivity index (χ1n) is 8.69. The Labute approximate surface area is 162 Å². The molecule has 1 amide bonds. The van der Waals surface area contributed by atoms with Gasteiger partial charge in [-0.1, -0.05) is 23.9 Å². The summed E-state index contributed by atoms with van der Waals surface area (Å²) in [6.07, 6.45) is 3.55. The van der Waals surface area contributed by atoms with E-state index in [1.54, 1.807) is 17.2 Å². The number of benzene rings is 1. The van der Waals surface area contributed by atoms with Gasteiger partial charge in [0.25, 0.3) is 5.91 Å². The summed E-state index contributed by atoms with van der Waals surface area (Å²) in [6.45, 7) is 8.28. The van der Waals surface area contributed by atoms with Crippen LogP contribution in [0.3, 0.4) is 0 Å². The molecule has 1 aromatic carbocycles. The van der Waals surface area contributed by atoms with Crippen LogP contribution in [-0.2, 0) is 4.79 Å². The molecular formula is C21H20N4OS. The molecule has 0 fully saturated rings. The molecule has 0 spiro atoms. The summed E-state index contributed by atoms with van der Waals surface area (Å²) in [5.74, 6) is -0.193. The maximum absolute atomic E-state index is 12.5. The van der Waals surface area contributed by atoms with E-state index in [0.29, 0.717) is 10.7 Å². The Morgan fingerprint density at radius 3 is 2.70 bits per heavy atom. The fourth-order valence-corrected chi connectivity index (χ4v) is 4.16. The van der Waals surface area contributed by atoms with E-state index in [1.807, 2.05) is 12.3 Å². The summed E-state index contributed by atoms with van der Waals surface area (Å²) in [5.41, 5.74) is 6.89. The molecule has 1 aromatic heterocycles. The van der Waals surface area contributed by atoms with E-state index in [4.69, 9.17) is 5.41 Å². The molecular weight excluding hydrogens is 356 g/mol. The number of hydrogen-bond acceptors (Lipinski definition) is 3. The molecule has 6 heteroatoms. The highest BCUT2D eigenvalue weighted by atomic mass is 32.2. The van der Waals surface area contributed by atoms with Crippen LogP contribution in [0.1, 0.15) is 28.1 Å². The minimum Gasteiger partial charge on any atom is -0.318 e. The van der Waals surface area contributed by atoms with Crippen LogP contribution in [-0.4, -0.2) is 26.4 Å². The smallest absolute Gasteiger partial charge is 0.283 e. The van der Waals surface area contributed by atoms with Crippen LogP contribution in [0, 0.1) is 33.1 Å². The molecule has 0 saturated carbocycles. The Hall–Kier alpha value is -2.86. The summed E-state index contributed by atoms with van der Waals surface area (Å²) in [6, 6.07) is 8.45. The second-order valence-corrected chi connectivity index (χ2v) is 7.70. The molecule has 2 aromatic rings. The number of nitrogens with zero attached hydrogens (tertiary/aromatic N) is 3. The third kappa shape index (κ3) is 2.86. The number of amides is 1. The predicted molar refractivity (Wildman–Crippen MR) is 111 cm³/mol. The molecule has 0 unspecified atom stereocenters. The number of rotatable bonds is 2. The molecule has 4 rings (SSSR count). The number of aromatic nitrogens is 1. The lowest BCUT2D eigenvalue weighted by Gasteiger charge is -2.22. The number of aryl methyl sites for hydroxylation is 3. The van der Waals surface area contributed by atoms with E-state index in [-0.39, 0.29) is 11.7 Å². The largest absolute Gasteiger partial charge is 0.318 e. The Balaban J connectivity index is 1.82. The van der Waals surface area contributed by atoms with Crippen molar-refractivity contribution < 1.29 is 4.79 Å². The van der Waals surface area contributed by atoms with Gasteiger partial charge in [-0.15, -0.1) is 0 Å². The number of nitrogens with one attached hydrogen (secondary N) is 1. The fourth-order valence-electron chi connectivity index (χ4n) is 3.45. The average Bonchev–Trinajstić information content (AvgIpc) is 3.19. The minimum absolute atomic E-state index is 0.169. The summed E-state index contributed by atoms with van der Waals surface area (Å²) in [4.78, 5) is 18.2. The maximum atomic E-state index is 12.5. The van der Waals surface area contributed by atoms with Crippen LogP contribution in [0.2, 0.25) is 0 Å². The lowest BCUT2D eigenvalue weighted by Crippen LogP contribution is -2.35. The predicted octanol–water partition coefficient (Wildman–Crippen LogP) is 4.49. The number of carbonyl (C=O) groups is 1. The van der Waals surface area contributed by atoms with Gasteiger partial charge >= 0.3 is 0 Å². The van der Waals surface area contributed by atoms with Crippen LogP contribution in [0.4, 0.5) is 0 Å². The van der Waals surface area contributed by atoms with Crippen LogP contribution in [0.5, 0.6) is 0 Å². The van der Waals surface area contributed by atoms with Gasteiger partial charge < -0.3 is 4.57 Å². The van der Waals surface area contributed by atoms with Crippen molar-refractivity contribution in [3.8, 4) is 5.69 Å². The Morgan fingerprint density at radius 1 is 1.15 bits per heavy atom. The molecule has 2 aliphatic heterocycles. The zero-order valence-corrected chi connectivity index (χ0v) is 16.5. The van der Waals surface area contributed by atoms with Crippen molar-refractivity contribution in [2.24, 2.45) is 4.99 Å². The van der Waals surface area contributed by atoms with E-state index in [2.05, 4.69) is 54.6 Å². The van der Waals surface area contributed by atoms with Crippen molar-refractivity contribution in [2.75, 3.05) is 0 Å². The highest BCUT2D eigenvalue weighted by Gasteiger charge is 2.31. The van der Waals surface area contributed by atoms with E-state index in [1.165, 1.54) is 22.9 Å². The number of thioether (sulfide) groups is 1. The van der Waals surface area contributed by atoms with Gasteiger partial charge in [0.1, 0.15) is 5.84 Å².